The summed E-state index contributed by atoms with van der Waals surface area (Å²) in [5.41, 5.74) is 9.60. The van der Waals surface area contributed by atoms with Gasteiger partial charge in [-0.25, -0.2) is 15.0 Å². The smallest absolute Gasteiger partial charge is 0.172 e. The summed E-state index contributed by atoms with van der Waals surface area (Å²) in [6.07, 6.45) is 4.61. The average Bonchev–Trinajstić information content (AvgIpc) is 3.30. The first-order valence-electron chi connectivity index (χ1n) is 9.08. The van der Waals surface area contributed by atoms with Crippen molar-refractivity contribution in [2.45, 2.75) is 43.2 Å². The number of benzene rings is 1. The van der Waals surface area contributed by atoms with Gasteiger partial charge in [-0.3, -0.25) is 4.57 Å². The maximum Gasteiger partial charge on any atom is 0.172 e. The van der Waals surface area contributed by atoms with Crippen molar-refractivity contribution in [3.05, 3.63) is 42.4 Å². The quantitative estimate of drug-likeness (QED) is 0.497. The first-order chi connectivity index (χ1) is 13.2. The van der Waals surface area contributed by atoms with Gasteiger partial charge in [0.1, 0.15) is 18.1 Å². The number of anilines is 1. The highest BCUT2D eigenvalue weighted by atomic mass is 32.2. The molecule has 1 unspecified atom stereocenters. The second-order valence-corrected chi connectivity index (χ2v) is 7.80. The van der Waals surface area contributed by atoms with Gasteiger partial charge in [0.25, 0.3) is 0 Å². The van der Waals surface area contributed by atoms with Crippen LogP contribution in [0.5, 0.6) is 0 Å². The number of nitrogens with zero attached hydrogens (tertiary/aromatic N) is 4. The van der Waals surface area contributed by atoms with Gasteiger partial charge < -0.3 is 15.6 Å². The van der Waals surface area contributed by atoms with Gasteiger partial charge in [-0.15, -0.1) is 0 Å². The molecule has 7 nitrogen and oxygen atoms in total. The molecule has 142 valence electrons. The molecule has 3 heterocycles. The second-order valence-electron chi connectivity index (χ2n) is 6.81. The largest absolute Gasteiger partial charge is 0.398 e. The van der Waals surface area contributed by atoms with Crippen molar-refractivity contribution in [1.82, 2.24) is 19.5 Å². The summed E-state index contributed by atoms with van der Waals surface area (Å²) in [7, 11) is 0. The maximum absolute atomic E-state index is 9.40. The van der Waals surface area contributed by atoms with Gasteiger partial charge in [0.2, 0.25) is 0 Å². The third kappa shape index (κ3) is 3.65. The summed E-state index contributed by atoms with van der Waals surface area (Å²) in [5.74, 6) is 1.12. The molecular formula is C19H23N5O2S. The lowest BCUT2D eigenvalue weighted by Gasteiger charge is -2.18. The number of aromatic nitrogens is 4. The van der Waals surface area contributed by atoms with E-state index in [1.165, 1.54) is 6.33 Å². The minimum Gasteiger partial charge on any atom is -0.398 e. The van der Waals surface area contributed by atoms with Crippen molar-refractivity contribution in [1.29, 1.82) is 0 Å². The average molecular weight is 385 g/mol. The Morgan fingerprint density at radius 1 is 1.37 bits per heavy atom. The van der Waals surface area contributed by atoms with Crippen molar-refractivity contribution in [3.63, 3.8) is 0 Å². The standard InChI is InChI=1S/C19H23N5O2S/c1-12(14-4-2-3-5-15(14)20)10-27-19-23-16-8-21-11-22-18(16)24(19)17-7-6-13(9-25)26-17/h2-5,8,11-13,17,25H,6-7,9-10,20H2,1H3/t12?,13-,17-/m1/s1. The summed E-state index contributed by atoms with van der Waals surface area (Å²) in [6.45, 7) is 2.20. The van der Waals surface area contributed by atoms with Crippen LogP contribution >= 0.6 is 11.8 Å². The molecule has 3 aromatic rings. The number of rotatable bonds is 6. The summed E-state index contributed by atoms with van der Waals surface area (Å²) in [6, 6.07) is 7.97. The fourth-order valence-corrected chi connectivity index (χ4v) is 4.53. The van der Waals surface area contributed by atoms with Crippen molar-refractivity contribution in [2.24, 2.45) is 0 Å². The van der Waals surface area contributed by atoms with E-state index in [1.54, 1.807) is 18.0 Å². The Balaban J connectivity index is 1.60. The Hall–Kier alpha value is -2.16. The molecule has 0 saturated carbocycles. The second kappa shape index (κ2) is 7.84. The third-order valence-corrected chi connectivity index (χ3v) is 6.10. The lowest BCUT2D eigenvalue weighted by Crippen LogP contribution is -2.15. The van der Waals surface area contributed by atoms with Crippen LogP contribution in [0.4, 0.5) is 5.69 Å². The number of nitrogen functional groups attached to an aromatic ring is 1. The topological polar surface area (TPSA) is 99.1 Å². The van der Waals surface area contributed by atoms with Crippen molar-refractivity contribution < 1.29 is 9.84 Å². The fraction of sp³-hybridized carbons (Fsp3) is 0.421. The number of fused-ring (bicyclic) bond motifs is 1. The molecule has 0 radical (unpaired) electrons. The molecule has 8 heteroatoms. The summed E-state index contributed by atoms with van der Waals surface area (Å²) >= 11 is 1.67. The number of imidazole rings is 1. The zero-order chi connectivity index (χ0) is 18.8. The van der Waals surface area contributed by atoms with Crippen LogP contribution in [0.25, 0.3) is 11.2 Å². The van der Waals surface area contributed by atoms with Gasteiger partial charge in [0.15, 0.2) is 10.8 Å². The summed E-state index contributed by atoms with van der Waals surface area (Å²) < 4.78 is 8.03. The first-order valence-corrected chi connectivity index (χ1v) is 10.1. The predicted molar refractivity (Wildman–Crippen MR) is 106 cm³/mol. The number of hydrogen-bond acceptors (Lipinski definition) is 7. The molecule has 1 fully saturated rings. The molecule has 3 N–H and O–H groups in total. The summed E-state index contributed by atoms with van der Waals surface area (Å²) in [4.78, 5) is 13.2. The Kier molecular flexibility index (Phi) is 5.29. The monoisotopic (exact) mass is 385 g/mol. The first kappa shape index (κ1) is 18.2. The van der Waals surface area contributed by atoms with Crippen molar-refractivity contribution >= 4 is 28.6 Å². The van der Waals surface area contributed by atoms with Crippen LogP contribution in [0, 0.1) is 0 Å². The van der Waals surface area contributed by atoms with Gasteiger partial charge >= 0.3 is 0 Å². The SMILES string of the molecule is CC(CSc1nc2cncnc2n1[C@H]1CC[C@H](CO)O1)c1ccccc1N. The maximum atomic E-state index is 9.40. The van der Waals surface area contributed by atoms with Gasteiger partial charge in [0.05, 0.1) is 18.9 Å². The van der Waals surface area contributed by atoms with E-state index in [4.69, 9.17) is 15.5 Å². The Labute approximate surface area is 162 Å². The van der Waals surface area contributed by atoms with E-state index in [1.807, 2.05) is 22.8 Å². The number of nitrogens with two attached hydrogens (primary N) is 1. The van der Waals surface area contributed by atoms with E-state index < -0.39 is 0 Å². The van der Waals surface area contributed by atoms with E-state index in [-0.39, 0.29) is 24.9 Å². The van der Waals surface area contributed by atoms with E-state index in [2.05, 4.69) is 23.0 Å². The summed E-state index contributed by atoms with van der Waals surface area (Å²) in [5, 5.41) is 10.3. The highest BCUT2D eigenvalue weighted by Gasteiger charge is 2.30. The molecule has 4 rings (SSSR count). The lowest BCUT2D eigenvalue weighted by molar-refractivity contribution is -0.0244. The molecule has 2 aromatic heterocycles. The van der Waals surface area contributed by atoms with E-state index in [9.17, 15) is 5.11 Å². The van der Waals surface area contributed by atoms with Gasteiger partial charge in [-0.2, -0.15) is 0 Å². The molecule has 0 amide bonds. The number of para-hydroxylation sites is 1. The van der Waals surface area contributed by atoms with Crippen molar-refractivity contribution in [2.75, 3.05) is 18.1 Å². The highest BCUT2D eigenvalue weighted by molar-refractivity contribution is 7.99. The number of thioether (sulfide) groups is 1. The normalized spacial score (nSPS) is 21.0. The minimum atomic E-state index is -0.165. The Morgan fingerprint density at radius 2 is 2.22 bits per heavy atom. The van der Waals surface area contributed by atoms with E-state index in [0.29, 0.717) is 0 Å². The molecule has 27 heavy (non-hydrogen) atoms. The molecule has 1 aliphatic rings. The van der Waals surface area contributed by atoms with Crippen LogP contribution in [0.2, 0.25) is 0 Å². The molecule has 0 spiro atoms. The predicted octanol–water partition coefficient (Wildman–Crippen LogP) is 2.97. The number of aliphatic hydroxyl groups is 1. The zero-order valence-electron chi connectivity index (χ0n) is 15.2. The molecule has 3 atom stereocenters. The van der Waals surface area contributed by atoms with Crippen LogP contribution in [-0.2, 0) is 4.74 Å². The zero-order valence-corrected chi connectivity index (χ0v) is 16.0. The van der Waals surface area contributed by atoms with Gasteiger partial charge in [-0.1, -0.05) is 36.9 Å². The molecular weight excluding hydrogens is 362 g/mol. The van der Waals surface area contributed by atoms with Gasteiger partial charge in [-0.05, 0) is 30.4 Å². The molecule has 1 aliphatic heterocycles. The Bertz CT molecular complexity index is 931. The Morgan fingerprint density at radius 3 is 3.00 bits per heavy atom. The van der Waals surface area contributed by atoms with Crippen LogP contribution in [-0.4, -0.2) is 43.1 Å². The number of aliphatic hydroxyl groups excluding tert-OH is 1. The minimum absolute atomic E-state index is 0.0326. The molecule has 1 saturated heterocycles. The van der Waals surface area contributed by atoms with E-state index >= 15 is 0 Å². The molecule has 0 aliphatic carbocycles. The molecule has 0 bridgehead atoms. The van der Waals surface area contributed by atoms with Crippen LogP contribution in [0.15, 0.2) is 41.9 Å². The van der Waals surface area contributed by atoms with Crippen LogP contribution in [0.3, 0.4) is 0 Å². The highest BCUT2D eigenvalue weighted by Crippen LogP contribution is 2.36. The van der Waals surface area contributed by atoms with E-state index in [0.717, 1.165) is 46.2 Å². The molecule has 1 aromatic carbocycles. The third-order valence-electron chi connectivity index (χ3n) is 4.89. The van der Waals surface area contributed by atoms with Gasteiger partial charge in [0, 0.05) is 11.4 Å². The van der Waals surface area contributed by atoms with Crippen LogP contribution in [0.1, 0.15) is 37.5 Å². The fourth-order valence-electron chi connectivity index (χ4n) is 3.45. The van der Waals surface area contributed by atoms with Crippen LogP contribution < -0.4 is 5.73 Å². The van der Waals surface area contributed by atoms with Crippen molar-refractivity contribution in [3.8, 4) is 0 Å². The lowest BCUT2D eigenvalue weighted by atomic mass is 10.0. The number of hydrogen-bond donors (Lipinski definition) is 2. The number of ether oxygens (including phenoxy) is 1.